The van der Waals surface area contributed by atoms with E-state index in [1.165, 1.54) is 11.1 Å². The highest BCUT2D eigenvalue weighted by Gasteiger charge is 2.09. The Kier molecular flexibility index (Phi) is 6.34. The van der Waals surface area contributed by atoms with Gasteiger partial charge in [-0.15, -0.1) is 11.8 Å². The van der Waals surface area contributed by atoms with Gasteiger partial charge in [0, 0.05) is 16.8 Å². The van der Waals surface area contributed by atoms with E-state index in [1.807, 2.05) is 42.5 Å². The van der Waals surface area contributed by atoms with Crippen molar-refractivity contribution in [3.63, 3.8) is 0 Å². The van der Waals surface area contributed by atoms with Crippen LogP contribution in [0.5, 0.6) is 0 Å². The molecule has 0 radical (unpaired) electrons. The molecule has 2 aromatic rings. The van der Waals surface area contributed by atoms with E-state index >= 15 is 0 Å². The molecule has 0 bridgehead atoms. The molecular formula is C18H20ClNOS. The van der Waals surface area contributed by atoms with Crippen molar-refractivity contribution in [1.29, 1.82) is 0 Å². The number of nitrogens with one attached hydrogen (secondary N) is 1. The fourth-order valence-corrected chi connectivity index (χ4v) is 3.06. The van der Waals surface area contributed by atoms with E-state index in [0.717, 1.165) is 10.6 Å². The van der Waals surface area contributed by atoms with Gasteiger partial charge in [0.15, 0.2) is 0 Å². The zero-order chi connectivity index (χ0) is 15.9. The molecule has 116 valence electrons. The van der Waals surface area contributed by atoms with Crippen molar-refractivity contribution in [2.45, 2.75) is 25.6 Å². The zero-order valence-corrected chi connectivity index (χ0v) is 14.4. The van der Waals surface area contributed by atoms with Crippen molar-refractivity contribution in [2.24, 2.45) is 0 Å². The van der Waals surface area contributed by atoms with E-state index in [4.69, 9.17) is 11.6 Å². The topological polar surface area (TPSA) is 29.1 Å². The minimum Gasteiger partial charge on any atom is -0.351 e. The minimum atomic E-state index is 0.0640. The second kappa shape index (κ2) is 8.25. The smallest absolute Gasteiger partial charge is 0.230 e. The summed E-state index contributed by atoms with van der Waals surface area (Å²) < 4.78 is 0. The van der Waals surface area contributed by atoms with Crippen LogP contribution in [0.2, 0.25) is 5.02 Å². The second-order valence-electron chi connectivity index (χ2n) is 5.21. The average molecular weight is 334 g/mol. The van der Waals surface area contributed by atoms with E-state index in [-0.39, 0.29) is 11.2 Å². The van der Waals surface area contributed by atoms with Crippen molar-refractivity contribution >= 4 is 29.3 Å². The number of thioether (sulfide) groups is 1. The Morgan fingerprint density at radius 3 is 2.55 bits per heavy atom. The van der Waals surface area contributed by atoms with Crippen LogP contribution < -0.4 is 5.32 Å². The van der Waals surface area contributed by atoms with Gasteiger partial charge < -0.3 is 5.32 Å². The first kappa shape index (κ1) is 16.9. The fourth-order valence-electron chi connectivity index (χ4n) is 2.08. The molecule has 2 rings (SSSR count). The van der Waals surface area contributed by atoms with Gasteiger partial charge >= 0.3 is 0 Å². The lowest BCUT2D eigenvalue weighted by Gasteiger charge is -2.12. The molecule has 0 aliphatic carbocycles. The molecule has 0 aliphatic rings. The lowest BCUT2D eigenvalue weighted by molar-refractivity contribution is -0.118. The SMILES string of the molecule is Cc1ccccc1CNC(=O)CSC(C)c1ccc(Cl)cc1. The predicted molar refractivity (Wildman–Crippen MR) is 95.4 cm³/mol. The number of amides is 1. The molecule has 0 fully saturated rings. The number of hydrogen-bond acceptors (Lipinski definition) is 2. The standard InChI is InChI=1S/C18H20ClNOS/c1-13-5-3-4-6-16(13)11-20-18(21)12-22-14(2)15-7-9-17(19)10-8-15/h3-10,14H,11-12H2,1-2H3,(H,20,21). The number of carbonyl (C=O) groups excluding carboxylic acids is 1. The fraction of sp³-hybridized carbons (Fsp3) is 0.278. The number of rotatable bonds is 6. The van der Waals surface area contributed by atoms with Crippen molar-refractivity contribution in [3.8, 4) is 0 Å². The summed E-state index contributed by atoms with van der Waals surface area (Å²) in [6.45, 7) is 4.74. The van der Waals surface area contributed by atoms with Gasteiger partial charge in [-0.1, -0.05) is 48.0 Å². The number of carbonyl (C=O) groups is 1. The molecule has 1 N–H and O–H groups in total. The lowest BCUT2D eigenvalue weighted by Crippen LogP contribution is -2.25. The third-order valence-corrected chi connectivity index (χ3v) is 4.99. The number of halogens is 1. The van der Waals surface area contributed by atoms with Crippen molar-refractivity contribution in [2.75, 3.05) is 5.75 Å². The summed E-state index contributed by atoms with van der Waals surface area (Å²) in [5, 5.41) is 3.97. The number of hydrogen-bond donors (Lipinski definition) is 1. The van der Waals surface area contributed by atoms with Crippen molar-refractivity contribution in [1.82, 2.24) is 5.32 Å². The molecule has 1 atom stereocenters. The monoisotopic (exact) mass is 333 g/mol. The molecule has 4 heteroatoms. The van der Waals surface area contributed by atoms with Gasteiger partial charge in [-0.3, -0.25) is 4.79 Å². The highest BCUT2D eigenvalue weighted by atomic mass is 35.5. The molecule has 0 spiro atoms. The van der Waals surface area contributed by atoms with Crippen LogP contribution in [0.25, 0.3) is 0 Å². The molecule has 0 saturated heterocycles. The van der Waals surface area contributed by atoms with Crippen molar-refractivity contribution in [3.05, 3.63) is 70.2 Å². The van der Waals surface area contributed by atoms with Gasteiger partial charge in [-0.25, -0.2) is 0 Å². The van der Waals surface area contributed by atoms with E-state index in [9.17, 15) is 4.79 Å². The Hall–Kier alpha value is -1.45. The van der Waals surface area contributed by atoms with Crippen LogP contribution in [0.1, 0.15) is 28.9 Å². The normalized spacial score (nSPS) is 12.0. The maximum atomic E-state index is 12.0. The zero-order valence-electron chi connectivity index (χ0n) is 12.8. The van der Waals surface area contributed by atoms with Gasteiger partial charge in [-0.05, 0) is 42.7 Å². The highest BCUT2D eigenvalue weighted by molar-refractivity contribution is 8.00. The van der Waals surface area contributed by atoms with Crippen LogP contribution in [-0.4, -0.2) is 11.7 Å². The number of aryl methyl sites for hydroxylation is 1. The number of benzene rings is 2. The van der Waals surface area contributed by atoms with Crippen LogP contribution in [0.3, 0.4) is 0 Å². The summed E-state index contributed by atoms with van der Waals surface area (Å²) in [4.78, 5) is 12.0. The van der Waals surface area contributed by atoms with Gasteiger partial charge in [0.05, 0.1) is 5.75 Å². The molecule has 2 aromatic carbocycles. The van der Waals surface area contributed by atoms with E-state index in [2.05, 4.69) is 25.2 Å². The summed E-state index contributed by atoms with van der Waals surface area (Å²) in [6, 6.07) is 15.9. The van der Waals surface area contributed by atoms with Gasteiger partial charge in [0.25, 0.3) is 0 Å². The van der Waals surface area contributed by atoms with Crippen LogP contribution in [0, 0.1) is 6.92 Å². The quantitative estimate of drug-likeness (QED) is 0.825. The molecule has 2 nitrogen and oxygen atoms in total. The highest BCUT2D eigenvalue weighted by Crippen LogP contribution is 2.28. The summed E-state index contributed by atoms with van der Waals surface area (Å²) in [5.74, 6) is 0.518. The maximum Gasteiger partial charge on any atom is 0.230 e. The first-order valence-corrected chi connectivity index (χ1v) is 8.67. The van der Waals surface area contributed by atoms with Crippen molar-refractivity contribution < 1.29 is 4.79 Å². The molecule has 1 amide bonds. The molecule has 0 aromatic heterocycles. The first-order chi connectivity index (χ1) is 10.6. The van der Waals surface area contributed by atoms with E-state index < -0.39 is 0 Å². The summed E-state index contributed by atoms with van der Waals surface area (Å²) in [6.07, 6.45) is 0. The van der Waals surface area contributed by atoms with Crippen LogP contribution in [-0.2, 0) is 11.3 Å². The maximum absolute atomic E-state index is 12.0. The molecule has 0 aliphatic heterocycles. The second-order valence-corrected chi connectivity index (χ2v) is 6.97. The predicted octanol–water partition coefficient (Wildman–Crippen LogP) is 4.76. The minimum absolute atomic E-state index is 0.0640. The Bertz CT molecular complexity index is 627. The third kappa shape index (κ3) is 5.08. The summed E-state index contributed by atoms with van der Waals surface area (Å²) in [5.41, 5.74) is 3.54. The Balaban J connectivity index is 1.78. The summed E-state index contributed by atoms with van der Waals surface area (Å²) >= 11 is 7.51. The van der Waals surface area contributed by atoms with Crippen LogP contribution in [0.4, 0.5) is 0 Å². The van der Waals surface area contributed by atoms with Gasteiger partial charge in [-0.2, -0.15) is 0 Å². The van der Waals surface area contributed by atoms with Crippen LogP contribution >= 0.6 is 23.4 Å². The molecule has 0 heterocycles. The Morgan fingerprint density at radius 1 is 1.18 bits per heavy atom. The molecule has 0 saturated carbocycles. The largest absolute Gasteiger partial charge is 0.351 e. The van der Waals surface area contributed by atoms with Gasteiger partial charge in [0.1, 0.15) is 0 Å². The molecular weight excluding hydrogens is 314 g/mol. The average Bonchev–Trinajstić information content (AvgIpc) is 2.52. The van der Waals surface area contributed by atoms with Crippen LogP contribution in [0.15, 0.2) is 48.5 Å². The Morgan fingerprint density at radius 2 is 1.86 bits per heavy atom. The van der Waals surface area contributed by atoms with E-state index in [0.29, 0.717) is 12.3 Å². The first-order valence-electron chi connectivity index (χ1n) is 7.24. The molecule has 1 unspecified atom stereocenters. The van der Waals surface area contributed by atoms with E-state index in [1.54, 1.807) is 11.8 Å². The lowest BCUT2D eigenvalue weighted by atomic mass is 10.1. The Labute approximate surface area is 141 Å². The van der Waals surface area contributed by atoms with Gasteiger partial charge in [0.2, 0.25) is 5.91 Å². The molecule has 22 heavy (non-hydrogen) atoms. The third-order valence-electron chi connectivity index (χ3n) is 3.54. The summed E-state index contributed by atoms with van der Waals surface area (Å²) in [7, 11) is 0.